The summed E-state index contributed by atoms with van der Waals surface area (Å²) in [5, 5.41) is 3.81. The van der Waals surface area contributed by atoms with Crippen LogP contribution in [-0.4, -0.2) is 47.4 Å². The third-order valence-electron chi connectivity index (χ3n) is 4.64. The van der Waals surface area contributed by atoms with Gasteiger partial charge in [-0.2, -0.15) is 0 Å². The van der Waals surface area contributed by atoms with E-state index in [0.717, 1.165) is 30.0 Å². The lowest BCUT2D eigenvalue weighted by Crippen LogP contribution is -2.47. The average molecular weight is 336 g/mol. The normalized spacial score (nSPS) is 20.3. The highest BCUT2D eigenvalue weighted by atomic mass is 35.5. The Kier molecular flexibility index (Phi) is 4.76. The van der Waals surface area contributed by atoms with E-state index < -0.39 is 0 Å². The van der Waals surface area contributed by atoms with Gasteiger partial charge in [0.25, 0.3) is 0 Å². The molecule has 1 aromatic rings. The Morgan fingerprint density at radius 1 is 1.26 bits per heavy atom. The molecule has 1 saturated heterocycles. The van der Waals surface area contributed by atoms with Gasteiger partial charge in [-0.05, 0) is 36.1 Å². The standard InChI is InChI=1S/C17H22ClN3O2/c1-2-16(22)20-8-6-15(11-20)19-17(23)21-7-5-12-9-14(18)4-3-13(12)10-21/h3-4,9,15H,2,5-8,10-11H2,1H3,(H,19,23). The second kappa shape index (κ2) is 6.79. The van der Waals surface area contributed by atoms with Crippen LogP contribution in [0.15, 0.2) is 18.2 Å². The predicted octanol–water partition coefficient (Wildman–Crippen LogP) is 2.42. The van der Waals surface area contributed by atoms with Crippen molar-refractivity contribution >= 4 is 23.5 Å². The van der Waals surface area contributed by atoms with Crippen LogP contribution < -0.4 is 5.32 Å². The van der Waals surface area contributed by atoms with Crippen molar-refractivity contribution in [3.63, 3.8) is 0 Å². The molecule has 0 aliphatic carbocycles. The van der Waals surface area contributed by atoms with Crippen LogP contribution in [-0.2, 0) is 17.8 Å². The first-order valence-electron chi connectivity index (χ1n) is 8.17. The molecular formula is C17H22ClN3O2. The number of hydrogen-bond acceptors (Lipinski definition) is 2. The molecule has 2 aliphatic heterocycles. The Morgan fingerprint density at radius 2 is 2.09 bits per heavy atom. The number of likely N-dealkylation sites (tertiary alicyclic amines) is 1. The van der Waals surface area contributed by atoms with E-state index >= 15 is 0 Å². The Balaban J connectivity index is 1.56. The van der Waals surface area contributed by atoms with E-state index in [4.69, 9.17) is 11.6 Å². The minimum atomic E-state index is -0.0404. The van der Waals surface area contributed by atoms with E-state index in [-0.39, 0.29) is 18.0 Å². The number of urea groups is 1. The second-order valence-electron chi connectivity index (χ2n) is 6.21. The van der Waals surface area contributed by atoms with E-state index in [1.807, 2.05) is 34.9 Å². The van der Waals surface area contributed by atoms with Gasteiger partial charge in [0.1, 0.15) is 0 Å². The number of amides is 3. The maximum atomic E-state index is 12.5. The first-order valence-corrected chi connectivity index (χ1v) is 8.55. The molecule has 0 saturated carbocycles. The van der Waals surface area contributed by atoms with Crippen LogP contribution >= 0.6 is 11.6 Å². The highest BCUT2D eigenvalue weighted by molar-refractivity contribution is 6.30. The molecule has 0 bridgehead atoms. The van der Waals surface area contributed by atoms with E-state index in [1.165, 1.54) is 5.56 Å². The summed E-state index contributed by atoms with van der Waals surface area (Å²) in [6, 6.07) is 5.87. The largest absolute Gasteiger partial charge is 0.341 e. The van der Waals surface area contributed by atoms with Crippen molar-refractivity contribution in [2.45, 2.75) is 38.8 Å². The molecule has 2 aliphatic rings. The maximum absolute atomic E-state index is 12.5. The number of nitrogens with one attached hydrogen (secondary N) is 1. The number of rotatable bonds is 2. The fourth-order valence-electron chi connectivity index (χ4n) is 3.29. The lowest BCUT2D eigenvalue weighted by atomic mass is 10.0. The Morgan fingerprint density at radius 3 is 2.87 bits per heavy atom. The second-order valence-corrected chi connectivity index (χ2v) is 6.65. The van der Waals surface area contributed by atoms with Crippen LogP contribution in [0.5, 0.6) is 0 Å². The molecule has 1 fully saturated rings. The number of halogens is 1. The molecule has 124 valence electrons. The van der Waals surface area contributed by atoms with Crippen LogP contribution in [0.25, 0.3) is 0 Å². The van der Waals surface area contributed by atoms with Gasteiger partial charge in [-0.15, -0.1) is 0 Å². The fraction of sp³-hybridized carbons (Fsp3) is 0.529. The van der Waals surface area contributed by atoms with Gasteiger partial charge in [0.05, 0.1) is 0 Å². The molecule has 1 atom stereocenters. The van der Waals surface area contributed by atoms with Crippen molar-refractivity contribution in [2.24, 2.45) is 0 Å². The number of carbonyl (C=O) groups is 2. The Bertz CT molecular complexity index is 620. The summed E-state index contributed by atoms with van der Waals surface area (Å²) in [5.41, 5.74) is 2.38. The summed E-state index contributed by atoms with van der Waals surface area (Å²) < 4.78 is 0. The molecule has 0 radical (unpaired) electrons. The Labute approximate surface area is 141 Å². The number of carbonyl (C=O) groups excluding carboxylic acids is 2. The van der Waals surface area contributed by atoms with Gasteiger partial charge in [-0.1, -0.05) is 24.6 Å². The summed E-state index contributed by atoms with van der Waals surface area (Å²) >= 11 is 6.02. The zero-order valence-corrected chi connectivity index (χ0v) is 14.1. The molecule has 6 heteroatoms. The van der Waals surface area contributed by atoms with Gasteiger partial charge in [0.2, 0.25) is 5.91 Å². The molecule has 1 unspecified atom stereocenters. The van der Waals surface area contributed by atoms with Crippen molar-refractivity contribution in [3.05, 3.63) is 34.3 Å². The quantitative estimate of drug-likeness (QED) is 0.902. The fourth-order valence-corrected chi connectivity index (χ4v) is 3.48. The number of hydrogen-bond donors (Lipinski definition) is 1. The van der Waals surface area contributed by atoms with Gasteiger partial charge in [0.15, 0.2) is 0 Å². The molecular weight excluding hydrogens is 314 g/mol. The van der Waals surface area contributed by atoms with Crippen LogP contribution in [0.2, 0.25) is 5.02 Å². The van der Waals surface area contributed by atoms with Crippen molar-refractivity contribution in [2.75, 3.05) is 19.6 Å². The summed E-state index contributed by atoms with van der Waals surface area (Å²) in [6.07, 6.45) is 2.18. The third kappa shape index (κ3) is 3.61. The topological polar surface area (TPSA) is 52.7 Å². The SMILES string of the molecule is CCC(=O)N1CCC(NC(=O)N2CCc3cc(Cl)ccc3C2)C1. The van der Waals surface area contributed by atoms with E-state index in [2.05, 4.69) is 5.32 Å². The van der Waals surface area contributed by atoms with Gasteiger partial charge in [-0.3, -0.25) is 4.79 Å². The van der Waals surface area contributed by atoms with Crippen molar-refractivity contribution in [1.82, 2.24) is 15.1 Å². The first kappa shape index (κ1) is 16.1. The van der Waals surface area contributed by atoms with E-state index in [9.17, 15) is 9.59 Å². The minimum Gasteiger partial charge on any atom is -0.341 e. The minimum absolute atomic E-state index is 0.0404. The van der Waals surface area contributed by atoms with E-state index in [0.29, 0.717) is 26.1 Å². The molecule has 5 nitrogen and oxygen atoms in total. The lowest BCUT2D eigenvalue weighted by molar-refractivity contribution is -0.129. The number of nitrogens with zero attached hydrogens (tertiary/aromatic N) is 2. The van der Waals surface area contributed by atoms with Crippen LogP contribution in [0.3, 0.4) is 0 Å². The summed E-state index contributed by atoms with van der Waals surface area (Å²) in [7, 11) is 0. The van der Waals surface area contributed by atoms with Crippen molar-refractivity contribution in [3.8, 4) is 0 Å². The lowest BCUT2D eigenvalue weighted by Gasteiger charge is -2.30. The Hall–Kier alpha value is -1.75. The van der Waals surface area contributed by atoms with E-state index in [1.54, 1.807) is 0 Å². The van der Waals surface area contributed by atoms with Crippen LogP contribution in [0, 0.1) is 0 Å². The van der Waals surface area contributed by atoms with Crippen LogP contribution in [0.4, 0.5) is 4.79 Å². The highest BCUT2D eigenvalue weighted by Gasteiger charge is 2.28. The molecule has 1 aromatic carbocycles. The zero-order valence-electron chi connectivity index (χ0n) is 13.3. The number of benzene rings is 1. The maximum Gasteiger partial charge on any atom is 0.317 e. The predicted molar refractivity (Wildman–Crippen MR) is 89.4 cm³/mol. The summed E-state index contributed by atoms with van der Waals surface area (Å²) in [5.74, 6) is 0.158. The van der Waals surface area contributed by atoms with Gasteiger partial charge >= 0.3 is 6.03 Å². The molecule has 1 N–H and O–H groups in total. The summed E-state index contributed by atoms with van der Waals surface area (Å²) in [4.78, 5) is 27.8. The van der Waals surface area contributed by atoms with Crippen molar-refractivity contribution < 1.29 is 9.59 Å². The van der Waals surface area contributed by atoms with Gasteiger partial charge in [0, 0.05) is 43.7 Å². The molecule has 3 amide bonds. The van der Waals surface area contributed by atoms with Gasteiger partial charge in [-0.25, -0.2) is 4.79 Å². The molecule has 0 aromatic heterocycles. The van der Waals surface area contributed by atoms with Crippen LogP contribution in [0.1, 0.15) is 30.9 Å². The monoisotopic (exact) mass is 335 g/mol. The first-order chi connectivity index (χ1) is 11.1. The smallest absolute Gasteiger partial charge is 0.317 e. The third-order valence-corrected chi connectivity index (χ3v) is 4.87. The highest BCUT2D eigenvalue weighted by Crippen LogP contribution is 2.23. The molecule has 0 spiro atoms. The average Bonchev–Trinajstić information content (AvgIpc) is 3.02. The zero-order chi connectivity index (χ0) is 16.4. The van der Waals surface area contributed by atoms with Gasteiger partial charge < -0.3 is 15.1 Å². The van der Waals surface area contributed by atoms with Crippen molar-refractivity contribution in [1.29, 1.82) is 0 Å². The number of fused-ring (bicyclic) bond motifs is 1. The summed E-state index contributed by atoms with van der Waals surface area (Å²) in [6.45, 7) is 4.54. The molecule has 23 heavy (non-hydrogen) atoms. The molecule has 3 rings (SSSR count). The molecule has 2 heterocycles.